The van der Waals surface area contributed by atoms with E-state index in [1.807, 2.05) is 29.2 Å². The van der Waals surface area contributed by atoms with Gasteiger partial charge in [-0.3, -0.25) is 9.69 Å². The first kappa shape index (κ1) is 21.8. The molecule has 6 nitrogen and oxygen atoms in total. The molecule has 31 heavy (non-hydrogen) atoms. The van der Waals surface area contributed by atoms with E-state index in [-0.39, 0.29) is 31.0 Å². The summed E-state index contributed by atoms with van der Waals surface area (Å²) in [5, 5.41) is 19.7. The van der Waals surface area contributed by atoms with E-state index in [2.05, 4.69) is 17.9 Å². The van der Waals surface area contributed by atoms with Gasteiger partial charge >= 0.3 is 0 Å². The molecule has 1 N–H and O–H groups in total. The molecule has 0 spiro atoms. The van der Waals surface area contributed by atoms with E-state index in [1.165, 1.54) is 25.7 Å². The van der Waals surface area contributed by atoms with Crippen LogP contribution in [0.4, 0.5) is 0 Å². The number of hydrogen-bond acceptors (Lipinski definition) is 5. The number of carbonyl (C=O) groups is 1. The lowest BCUT2D eigenvalue weighted by Crippen LogP contribution is -2.66. The van der Waals surface area contributed by atoms with Gasteiger partial charge in [-0.2, -0.15) is 5.26 Å². The second kappa shape index (κ2) is 10.3. The molecule has 3 fully saturated rings. The zero-order valence-electron chi connectivity index (χ0n) is 18.0. The molecular weight excluding hydrogens is 390 g/mol. The second-order valence-corrected chi connectivity index (χ2v) is 8.82. The fourth-order valence-electron chi connectivity index (χ4n) is 5.08. The third-order valence-corrected chi connectivity index (χ3v) is 6.88. The molecule has 1 aliphatic carbocycles. The van der Waals surface area contributed by atoms with Crippen LogP contribution in [0.25, 0.3) is 0 Å². The Bertz CT molecular complexity index is 855. The summed E-state index contributed by atoms with van der Waals surface area (Å²) in [6.07, 6.45) is 6.23. The lowest BCUT2D eigenvalue weighted by Gasteiger charge is -2.52. The van der Waals surface area contributed by atoms with Gasteiger partial charge < -0.3 is 14.7 Å². The highest BCUT2D eigenvalue weighted by molar-refractivity contribution is 5.81. The minimum Gasteiger partial charge on any atom is -0.394 e. The summed E-state index contributed by atoms with van der Waals surface area (Å²) < 4.78 is 5.33. The Balaban J connectivity index is 1.39. The molecule has 0 radical (unpaired) electrons. The summed E-state index contributed by atoms with van der Waals surface area (Å²) in [4.78, 5) is 16.5. The van der Waals surface area contributed by atoms with Crippen molar-refractivity contribution in [3.05, 3.63) is 35.4 Å². The van der Waals surface area contributed by atoms with Crippen molar-refractivity contribution >= 4 is 5.91 Å². The number of likely N-dealkylation sites (tertiary alicyclic amines) is 1. The van der Waals surface area contributed by atoms with Crippen molar-refractivity contribution < 1.29 is 14.6 Å². The van der Waals surface area contributed by atoms with E-state index in [1.54, 1.807) is 4.90 Å². The Labute approximate surface area is 184 Å². The second-order valence-electron chi connectivity index (χ2n) is 8.82. The van der Waals surface area contributed by atoms with E-state index in [0.29, 0.717) is 26.3 Å². The fraction of sp³-hybridized carbons (Fsp3) is 0.600. The van der Waals surface area contributed by atoms with Gasteiger partial charge in [0.05, 0.1) is 38.5 Å². The third kappa shape index (κ3) is 4.93. The van der Waals surface area contributed by atoms with Crippen LogP contribution in [0.3, 0.4) is 0 Å². The van der Waals surface area contributed by atoms with E-state index >= 15 is 0 Å². The number of rotatable bonds is 5. The van der Waals surface area contributed by atoms with Gasteiger partial charge in [0.25, 0.3) is 0 Å². The molecular formula is C25H31N3O3. The van der Waals surface area contributed by atoms with Gasteiger partial charge in [0.15, 0.2) is 0 Å². The van der Waals surface area contributed by atoms with Crippen molar-refractivity contribution in [3.63, 3.8) is 0 Å². The van der Waals surface area contributed by atoms with Crippen molar-refractivity contribution in [3.8, 4) is 17.9 Å². The molecule has 3 aliphatic rings. The summed E-state index contributed by atoms with van der Waals surface area (Å²) in [7, 11) is 0. The number of aliphatic hydroxyl groups is 1. The van der Waals surface area contributed by atoms with Gasteiger partial charge in [0.1, 0.15) is 6.04 Å². The van der Waals surface area contributed by atoms with Crippen LogP contribution in [-0.4, -0.2) is 72.4 Å². The molecule has 1 saturated carbocycles. The summed E-state index contributed by atoms with van der Waals surface area (Å²) in [6, 6.07) is 9.31. The quantitative estimate of drug-likeness (QED) is 0.737. The number of hydrogen-bond donors (Lipinski definition) is 1. The van der Waals surface area contributed by atoms with Crippen molar-refractivity contribution in [2.24, 2.45) is 5.92 Å². The topological polar surface area (TPSA) is 76.8 Å². The molecule has 0 unspecified atom stereocenters. The Morgan fingerprint density at radius 1 is 1.16 bits per heavy atom. The van der Waals surface area contributed by atoms with Crippen LogP contribution < -0.4 is 0 Å². The maximum Gasteiger partial charge on any atom is 0.238 e. The van der Waals surface area contributed by atoms with Crippen LogP contribution in [0.5, 0.6) is 0 Å². The van der Waals surface area contributed by atoms with Crippen molar-refractivity contribution in [1.82, 2.24) is 9.80 Å². The number of nitrogens with zero attached hydrogens (tertiary/aromatic N) is 3. The average Bonchev–Trinajstić information content (AvgIpc) is 3.29. The molecule has 3 atom stereocenters. The summed E-state index contributed by atoms with van der Waals surface area (Å²) in [5.74, 6) is 7.04. The number of nitriles is 1. The summed E-state index contributed by atoms with van der Waals surface area (Å²) in [5.41, 5.74) is 1.94. The number of aliphatic hydroxyl groups excluding tert-OH is 1. The number of carbonyl (C=O) groups excluding carboxylic acids is 1. The van der Waals surface area contributed by atoms with Crippen LogP contribution in [0.15, 0.2) is 24.3 Å². The molecule has 164 valence electrons. The first-order valence-electron chi connectivity index (χ1n) is 11.4. The summed E-state index contributed by atoms with van der Waals surface area (Å²) in [6.45, 7) is 2.79. The van der Waals surface area contributed by atoms with Crippen molar-refractivity contribution in [2.75, 3.05) is 39.5 Å². The highest BCUT2D eigenvalue weighted by atomic mass is 16.5. The van der Waals surface area contributed by atoms with Crippen LogP contribution in [-0.2, 0) is 9.53 Å². The van der Waals surface area contributed by atoms with Gasteiger partial charge in [-0.25, -0.2) is 0 Å². The zero-order chi connectivity index (χ0) is 21.6. The lowest BCUT2D eigenvalue weighted by atomic mass is 9.75. The molecule has 2 aliphatic heterocycles. The Hall–Kier alpha value is -2.38. The minimum absolute atomic E-state index is 0.0989. The molecule has 1 amide bonds. The van der Waals surface area contributed by atoms with Gasteiger partial charge in [-0.05, 0) is 36.5 Å². The van der Waals surface area contributed by atoms with E-state index in [4.69, 9.17) is 4.74 Å². The molecule has 0 bridgehead atoms. The normalized spacial score (nSPS) is 26.6. The van der Waals surface area contributed by atoms with Crippen LogP contribution in [0, 0.1) is 29.1 Å². The number of benzene rings is 1. The zero-order valence-corrected chi connectivity index (χ0v) is 18.0. The van der Waals surface area contributed by atoms with Crippen molar-refractivity contribution in [2.45, 2.75) is 50.1 Å². The van der Waals surface area contributed by atoms with Gasteiger partial charge in [-0.15, -0.1) is 0 Å². The maximum absolute atomic E-state index is 12.9. The standard InChI is InChI=1S/C25H31N3O3/c26-16-22-25(23(18-29)28(22)24(30)17-27-12-14-31-15-13-27)21-10-8-20(9-11-21)7-3-6-19-4-1-2-5-19/h8-11,19,22-23,25,29H,1-2,4-6,12-15,17-18H2/t22-,23-,25+/m1/s1. The van der Waals surface area contributed by atoms with E-state index < -0.39 is 6.04 Å². The van der Waals surface area contributed by atoms with Gasteiger partial charge in [0, 0.05) is 31.0 Å². The molecule has 1 aromatic rings. The third-order valence-electron chi connectivity index (χ3n) is 6.88. The maximum atomic E-state index is 12.9. The largest absolute Gasteiger partial charge is 0.394 e. The Morgan fingerprint density at radius 2 is 1.87 bits per heavy atom. The van der Waals surface area contributed by atoms with E-state index in [9.17, 15) is 15.2 Å². The van der Waals surface area contributed by atoms with E-state index in [0.717, 1.165) is 23.5 Å². The summed E-state index contributed by atoms with van der Waals surface area (Å²) >= 11 is 0. The SMILES string of the molecule is N#C[C@@H]1[C@H](c2ccc(C#CCC3CCCC3)cc2)[C@@H](CO)N1C(=O)CN1CCOCC1. The Kier molecular flexibility index (Phi) is 7.25. The molecule has 0 aromatic heterocycles. The highest BCUT2D eigenvalue weighted by Crippen LogP contribution is 2.40. The van der Waals surface area contributed by atoms with Crippen LogP contribution in [0.1, 0.15) is 49.1 Å². The van der Waals surface area contributed by atoms with Crippen LogP contribution in [0.2, 0.25) is 0 Å². The number of ether oxygens (including phenoxy) is 1. The predicted molar refractivity (Wildman–Crippen MR) is 117 cm³/mol. The first-order valence-corrected chi connectivity index (χ1v) is 11.4. The predicted octanol–water partition coefficient (Wildman–Crippen LogP) is 2.13. The molecule has 1 aromatic carbocycles. The highest BCUT2D eigenvalue weighted by Gasteiger charge is 2.51. The van der Waals surface area contributed by atoms with Gasteiger partial charge in [-0.1, -0.05) is 36.8 Å². The van der Waals surface area contributed by atoms with Gasteiger partial charge in [0.2, 0.25) is 5.91 Å². The molecule has 2 saturated heterocycles. The number of morpholine rings is 1. The Morgan fingerprint density at radius 3 is 2.52 bits per heavy atom. The monoisotopic (exact) mass is 421 g/mol. The first-order chi connectivity index (χ1) is 15.2. The van der Waals surface area contributed by atoms with Crippen LogP contribution >= 0.6 is 0 Å². The fourth-order valence-corrected chi connectivity index (χ4v) is 5.08. The molecule has 2 heterocycles. The molecule has 4 rings (SSSR count). The average molecular weight is 422 g/mol. The molecule has 6 heteroatoms. The smallest absolute Gasteiger partial charge is 0.238 e. The van der Waals surface area contributed by atoms with Crippen molar-refractivity contribution in [1.29, 1.82) is 5.26 Å². The number of amides is 1. The lowest BCUT2D eigenvalue weighted by molar-refractivity contribution is -0.149. The minimum atomic E-state index is -0.551.